The van der Waals surface area contributed by atoms with Gasteiger partial charge in [0.2, 0.25) is 0 Å². The van der Waals surface area contributed by atoms with Crippen molar-refractivity contribution in [1.82, 2.24) is 0 Å². The van der Waals surface area contributed by atoms with Crippen molar-refractivity contribution in [2.45, 2.75) is 0 Å². The van der Waals surface area contributed by atoms with Gasteiger partial charge in [0, 0.05) is 18.1 Å². The molecule has 68 valence electrons. The molecule has 0 unspecified atom stereocenters. The molecule has 0 atom stereocenters. The van der Waals surface area contributed by atoms with Crippen LogP contribution in [0.3, 0.4) is 0 Å². The monoisotopic (exact) mass is 182 g/mol. The van der Waals surface area contributed by atoms with Gasteiger partial charge in [0.25, 0.3) is 5.69 Å². The second-order valence-corrected chi connectivity index (χ2v) is 3.26. The van der Waals surface area contributed by atoms with Crippen molar-refractivity contribution in [3.8, 4) is 11.8 Å². The molecule has 14 heavy (non-hydrogen) atoms. The number of hydrogen-bond acceptors (Lipinski definition) is 0. The Labute approximate surface area is 84.4 Å². The highest BCUT2D eigenvalue weighted by molar-refractivity contribution is 5.32. The third-order valence-electron chi connectivity index (χ3n) is 2.17. The number of pyridine rings is 1. The Kier molecular flexibility index (Phi) is 2.46. The standard InChI is InChI=1S/C13H12N/c1-14-11-5-4-8-13(14)10-9-12-6-2-3-7-12/h2-8,11-12H,1H3/q+1. The van der Waals surface area contributed by atoms with Crippen LogP contribution in [0.2, 0.25) is 0 Å². The molecular formula is C13H12N+. The third-order valence-corrected chi connectivity index (χ3v) is 2.17. The molecule has 2 rings (SSSR count). The van der Waals surface area contributed by atoms with Crippen molar-refractivity contribution in [2.24, 2.45) is 13.0 Å². The molecule has 0 radical (unpaired) electrons. The summed E-state index contributed by atoms with van der Waals surface area (Å²) in [7, 11) is 2.00. The molecule has 1 aliphatic rings. The third kappa shape index (κ3) is 1.92. The van der Waals surface area contributed by atoms with E-state index in [-0.39, 0.29) is 5.92 Å². The predicted molar refractivity (Wildman–Crippen MR) is 56.3 cm³/mol. The Hall–Kier alpha value is -1.81. The van der Waals surface area contributed by atoms with Gasteiger partial charge in [0.15, 0.2) is 6.20 Å². The molecule has 0 amide bonds. The maximum Gasteiger partial charge on any atom is 0.256 e. The SMILES string of the molecule is C[n+]1ccccc1C#CC1C=CC=C1. The number of allylic oxidation sites excluding steroid dienone is 4. The average molecular weight is 182 g/mol. The Morgan fingerprint density at radius 2 is 2.00 bits per heavy atom. The average Bonchev–Trinajstić information content (AvgIpc) is 2.69. The van der Waals surface area contributed by atoms with Crippen molar-refractivity contribution in [1.29, 1.82) is 0 Å². The summed E-state index contributed by atoms with van der Waals surface area (Å²) in [6, 6.07) is 6.03. The van der Waals surface area contributed by atoms with E-state index < -0.39 is 0 Å². The van der Waals surface area contributed by atoms with E-state index in [1.54, 1.807) is 0 Å². The molecule has 0 N–H and O–H groups in total. The quantitative estimate of drug-likeness (QED) is 0.424. The van der Waals surface area contributed by atoms with E-state index in [2.05, 4.69) is 24.0 Å². The van der Waals surface area contributed by atoms with Crippen LogP contribution in [0.25, 0.3) is 0 Å². The first-order valence-electron chi connectivity index (χ1n) is 4.67. The van der Waals surface area contributed by atoms with Crippen LogP contribution in [0, 0.1) is 17.8 Å². The van der Waals surface area contributed by atoms with Crippen LogP contribution >= 0.6 is 0 Å². The van der Waals surface area contributed by atoms with Crippen LogP contribution in [0.15, 0.2) is 48.7 Å². The van der Waals surface area contributed by atoms with Gasteiger partial charge in [-0.25, -0.2) is 0 Å². The zero-order valence-corrected chi connectivity index (χ0v) is 8.14. The van der Waals surface area contributed by atoms with E-state index in [1.807, 2.05) is 48.2 Å². The van der Waals surface area contributed by atoms with Gasteiger partial charge in [-0.3, -0.25) is 0 Å². The molecule has 0 aromatic carbocycles. The molecule has 1 aromatic rings. The van der Waals surface area contributed by atoms with Crippen LogP contribution in [0.5, 0.6) is 0 Å². The summed E-state index contributed by atoms with van der Waals surface area (Å²) in [6.07, 6.45) is 10.3. The first kappa shape index (κ1) is 8.77. The van der Waals surface area contributed by atoms with Crippen LogP contribution < -0.4 is 4.57 Å². The molecule has 1 nitrogen and oxygen atoms in total. The second kappa shape index (κ2) is 3.93. The highest BCUT2D eigenvalue weighted by Gasteiger charge is 2.01. The fourth-order valence-electron chi connectivity index (χ4n) is 1.34. The lowest BCUT2D eigenvalue weighted by atomic mass is 10.2. The summed E-state index contributed by atoms with van der Waals surface area (Å²) in [5.41, 5.74) is 1.04. The van der Waals surface area contributed by atoms with E-state index in [4.69, 9.17) is 0 Å². The first-order valence-corrected chi connectivity index (χ1v) is 4.67. The minimum atomic E-state index is 0.287. The first-order chi connectivity index (χ1) is 6.86. The van der Waals surface area contributed by atoms with Crippen molar-refractivity contribution < 1.29 is 4.57 Å². The van der Waals surface area contributed by atoms with Gasteiger partial charge in [0.1, 0.15) is 7.05 Å². The molecule has 0 aliphatic heterocycles. The van der Waals surface area contributed by atoms with Crippen molar-refractivity contribution >= 4 is 0 Å². The smallest absolute Gasteiger partial charge is 0.194 e. The number of hydrogen-bond donors (Lipinski definition) is 0. The summed E-state index contributed by atoms with van der Waals surface area (Å²) in [4.78, 5) is 0. The molecule has 0 spiro atoms. The minimum Gasteiger partial charge on any atom is -0.194 e. The number of rotatable bonds is 0. The largest absolute Gasteiger partial charge is 0.256 e. The van der Waals surface area contributed by atoms with Gasteiger partial charge in [-0.05, 0) is 6.07 Å². The maximum atomic E-state index is 3.19. The highest BCUT2D eigenvalue weighted by Crippen LogP contribution is 2.06. The lowest BCUT2D eigenvalue weighted by molar-refractivity contribution is -0.673. The lowest BCUT2D eigenvalue weighted by Gasteiger charge is -1.91. The van der Waals surface area contributed by atoms with E-state index in [9.17, 15) is 0 Å². The van der Waals surface area contributed by atoms with Gasteiger partial charge in [-0.2, -0.15) is 4.57 Å². The summed E-state index contributed by atoms with van der Waals surface area (Å²) >= 11 is 0. The van der Waals surface area contributed by atoms with Crippen LogP contribution in [0.1, 0.15) is 5.69 Å². The van der Waals surface area contributed by atoms with Gasteiger partial charge in [-0.1, -0.05) is 30.2 Å². The van der Waals surface area contributed by atoms with Crippen LogP contribution in [-0.2, 0) is 7.05 Å². The summed E-state index contributed by atoms with van der Waals surface area (Å²) in [5.74, 6) is 6.65. The Morgan fingerprint density at radius 1 is 1.21 bits per heavy atom. The molecule has 1 aromatic heterocycles. The van der Waals surface area contributed by atoms with Gasteiger partial charge in [0.05, 0.1) is 5.92 Å². The summed E-state index contributed by atoms with van der Waals surface area (Å²) in [6.45, 7) is 0. The number of aryl methyl sites for hydroxylation is 1. The van der Waals surface area contributed by atoms with E-state index in [0.717, 1.165) is 5.69 Å². The fourth-order valence-corrected chi connectivity index (χ4v) is 1.34. The molecule has 1 heteroatoms. The van der Waals surface area contributed by atoms with Crippen molar-refractivity contribution in [3.05, 3.63) is 54.4 Å². The molecule has 0 fully saturated rings. The maximum absolute atomic E-state index is 3.19. The zero-order valence-electron chi connectivity index (χ0n) is 8.14. The second-order valence-electron chi connectivity index (χ2n) is 3.26. The highest BCUT2D eigenvalue weighted by atomic mass is 14.9. The normalized spacial score (nSPS) is 14.1. The van der Waals surface area contributed by atoms with Crippen LogP contribution in [-0.4, -0.2) is 0 Å². The molecule has 0 saturated carbocycles. The van der Waals surface area contributed by atoms with E-state index in [0.29, 0.717) is 0 Å². The number of aromatic nitrogens is 1. The Balaban J connectivity index is 2.21. The Bertz CT molecular complexity index is 432. The van der Waals surface area contributed by atoms with Gasteiger partial charge >= 0.3 is 0 Å². The topological polar surface area (TPSA) is 3.88 Å². The Morgan fingerprint density at radius 3 is 2.71 bits per heavy atom. The van der Waals surface area contributed by atoms with Crippen molar-refractivity contribution in [2.75, 3.05) is 0 Å². The van der Waals surface area contributed by atoms with Crippen LogP contribution in [0.4, 0.5) is 0 Å². The lowest BCUT2D eigenvalue weighted by Crippen LogP contribution is -2.31. The molecule has 0 saturated heterocycles. The van der Waals surface area contributed by atoms with Gasteiger partial charge < -0.3 is 0 Å². The van der Waals surface area contributed by atoms with Crippen molar-refractivity contribution in [3.63, 3.8) is 0 Å². The fraction of sp³-hybridized carbons (Fsp3) is 0.154. The predicted octanol–water partition coefficient (Wildman–Crippen LogP) is 1.60. The molecular weight excluding hydrogens is 170 g/mol. The summed E-state index contributed by atoms with van der Waals surface area (Å²) < 4.78 is 2.02. The van der Waals surface area contributed by atoms with E-state index >= 15 is 0 Å². The van der Waals surface area contributed by atoms with E-state index in [1.165, 1.54) is 0 Å². The zero-order chi connectivity index (χ0) is 9.80. The molecule has 0 bridgehead atoms. The molecule has 1 heterocycles. The van der Waals surface area contributed by atoms with Gasteiger partial charge in [-0.15, -0.1) is 0 Å². The summed E-state index contributed by atoms with van der Waals surface area (Å²) in [5, 5.41) is 0. The number of nitrogens with zero attached hydrogens (tertiary/aromatic N) is 1. The molecule has 1 aliphatic carbocycles. The minimum absolute atomic E-state index is 0.287.